The van der Waals surface area contributed by atoms with Crippen molar-refractivity contribution in [1.29, 1.82) is 0 Å². The van der Waals surface area contributed by atoms with Gasteiger partial charge in [-0.05, 0) is 30.3 Å². The average Bonchev–Trinajstić information content (AvgIpc) is 2.92. The molecule has 0 aliphatic carbocycles. The van der Waals surface area contributed by atoms with E-state index in [-0.39, 0.29) is 22.6 Å². The van der Waals surface area contributed by atoms with Crippen molar-refractivity contribution >= 4 is 51.1 Å². The number of amidine groups is 2. The molecule has 2 aliphatic heterocycles. The Labute approximate surface area is 152 Å². The summed E-state index contributed by atoms with van der Waals surface area (Å²) in [5, 5.41) is 8.82. The van der Waals surface area contributed by atoms with E-state index >= 15 is 0 Å². The molecule has 0 saturated heterocycles. The number of thiocarbonyl (C=S) groups is 1. The van der Waals surface area contributed by atoms with Crippen LogP contribution in [-0.2, 0) is 0 Å². The van der Waals surface area contributed by atoms with Gasteiger partial charge >= 0.3 is 0 Å². The van der Waals surface area contributed by atoms with E-state index in [1.807, 2.05) is 37.3 Å². The van der Waals surface area contributed by atoms with Crippen LogP contribution in [0.15, 0.2) is 50.5 Å². The molecule has 0 radical (unpaired) electrons. The van der Waals surface area contributed by atoms with Crippen molar-refractivity contribution in [3.05, 3.63) is 41.5 Å². The summed E-state index contributed by atoms with van der Waals surface area (Å²) in [4.78, 5) is 22.1. The largest absolute Gasteiger partial charge is 0.384 e. The Kier molecular flexibility index (Phi) is 3.37. The summed E-state index contributed by atoms with van der Waals surface area (Å²) in [5.74, 6) is -0.578. The summed E-state index contributed by atoms with van der Waals surface area (Å²) in [7, 11) is 0. The number of Topliss-reactive ketones (excluding diaryl/α,β-unsaturated/α-hetero) is 1. The van der Waals surface area contributed by atoms with Crippen LogP contribution < -0.4 is 11.5 Å². The van der Waals surface area contributed by atoms with Crippen LogP contribution in [0.1, 0.15) is 15.9 Å². The van der Waals surface area contributed by atoms with E-state index in [0.717, 1.165) is 16.0 Å². The number of nitrogens with two attached hydrogens (primary N) is 2. The quantitative estimate of drug-likeness (QED) is 0.752. The van der Waals surface area contributed by atoms with E-state index in [9.17, 15) is 4.79 Å². The number of hydrogen-bond donors (Lipinski definition) is 2. The molecule has 0 saturated carbocycles. The molecule has 1 spiro atoms. The third-order valence-corrected chi connectivity index (χ3v) is 5.59. The monoisotopic (exact) mass is 368 g/mol. The van der Waals surface area contributed by atoms with Gasteiger partial charge in [0.1, 0.15) is 16.7 Å². The van der Waals surface area contributed by atoms with Gasteiger partial charge in [0.15, 0.2) is 0 Å². The van der Waals surface area contributed by atoms with Crippen LogP contribution in [0.4, 0.5) is 5.00 Å². The van der Waals surface area contributed by atoms with Gasteiger partial charge in [-0.15, -0.1) is 16.5 Å². The van der Waals surface area contributed by atoms with E-state index in [4.69, 9.17) is 23.7 Å². The minimum atomic E-state index is -1.70. The van der Waals surface area contributed by atoms with Crippen LogP contribution in [0.2, 0.25) is 0 Å². The first-order valence-corrected chi connectivity index (χ1v) is 8.57. The van der Waals surface area contributed by atoms with Crippen molar-refractivity contribution in [3.8, 4) is 10.4 Å². The lowest BCUT2D eigenvalue weighted by atomic mass is 9.85. The van der Waals surface area contributed by atoms with Gasteiger partial charge in [0.05, 0.1) is 5.56 Å². The lowest BCUT2D eigenvalue weighted by Crippen LogP contribution is -2.60. The fraction of sp³-hybridized carbons (Fsp3) is 0.125. The minimum Gasteiger partial charge on any atom is -0.384 e. The lowest BCUT2D eigenvalue weighted by Gasteiger charge is -2.30. The number of aliphatic imine (C=N–C) groups is 2. The molecule has 124 valence electrons. The van der Waals surface area contributed by atoms with Crippen molar-refractivity contribution in [2.24, 2.45) is 31.7 Å². The third kappa shape index (κ3) is 2.09. The van der Waals surface area contributed by atoms with Crippen LogP contribution >= 0.6 is 23.6 Å². The number of thiophene rings is 1. The SMILES string of the molecule is Cc1c(-c2ccccc2)sc2c1C(=O)C1(N=N2)C(N)=NC(=S)N=C1N. The average molecular weight is 368 g/mol. The maximum Gasteiger partial charge on any atom is 0.257 e. The molecule has 2 aromatic rings. The number of carbonyl (C=O) groups excluding carboxylic acids is 1. The standard InChI is InChI=1S/C16H12N6OS2/c1-7-9-11(23)16(13(17)19-15(24)20-14(16)18)22-21-12(9)25-10(7)8-5-3-2-4-6-8/h2-6H,1H3,(H4,17,18,19,20,24). The molecule has 0 unspecified atom stereocenters. The molecule has 4 rings (SSSR count). The predicted octanol–water partition coefficient (Wildman–Crippen LogP) is 2.76. The smallest absolute Gasteiger partial charge is 0.257 e. The molecule has 1 aromatic carbocycles. The van der Waals surface area contributed by atoms with Crippen LogP contribution in [0.5, 0.6) is 0 Å². The predicted molar refractivity (Wildman–Crippen MR) is 102 cm³/mol. The summed E-state index contributed by atoms with van der Waals surface area (Å²) in [6.45, 7) is 1.87. The first-order valence-electron chi connectivity index (χ1n) is 7.35. The number of nitrogens with zero attached hydrogens (tertiary/aromatic N) is 4. The number of fused-ring (bicyclic) bond motifs is 1. The number of ketones is 1. The molecule has 7 nitrogen and oxygen atoms in total. The van der Waals surface area contributed by atoms with Crippen LogP contribution in [0.3, 0.4) is 0 Å². The molecule has 0 atom stereocenters. The number of hydrogen-bond acceptors (Lipinski definition) is 7. The zero-order chi connectivity index (χ0) is 17.8. The van der Waals surface area contributed by atoms with Crippen LogP contribution in [0, 0.1) is 6.92 Å². The number of benzene rings is 1. The minimum absolute atomic E-state index is 0.0264. The Hall–Kier alpha value is -2.78. The molecule has 4 N–H and O–H groups in total. The van der Waals surface area contributed by atoms with E-state index < -0.39 is 5.54 Å². The zero-order valence-corrected chi connectivity index (χ0v) is 14.7. The van der Waals surface area contributed by atoms with Crippen molar-refractivity contribution in [3.63, 3.8) is 0 Å². The summed E-state index contributed by atoms with van der Waals surface area (Å²) in [5.41, 5.74) is 12.5. The van der Waals surface area contributed by atoms with Gasteiger partial charge in [-0.3, -0.25) is 4.79 Å². The fourth-order valence-electron chi connectivity index (χ4n) is 2.91. The maximum absolute atomic E-state index is 13.3. The summed E-state index contributed by atoms with van der Waals surface area (Å²) >= 11 is 6.31. The number of rotatable bonds is 1. The van der Waals surface area contributed by atoms with Gasteiger partial charge in [0, 0.05) is 4.88 Å². The normalized spacial score (nSPS) is 18.1. The van der Waals surface area contributed by atoms with Crippen LogP contribution in [-0.4, -0.2) is 28.1 Å². The molecule has 3 heterocycles. The topological polar surface area (TPSA) is 119 Å². The Balaban J connectivity index is 1.91. The van der Waals surface area contributed by atoms with E-state index in [1.165, 1.54) is 11.3 Å². The van der Waals surface area contributed by atoms with E-state index in [1.54, 1.807) is 0 Å². The summed E-state index contributed by atoms with van der Waals surface area (Å²) in [6.07, 6.45) is 0. The maximum atomic E-state index is 13.3. The second-order valence-electron chi connectivity index (χ2n) is 5.62. The van der Waals surface area contributed by atoms with Gasteiger partial charge in [-0.2, -0.15) is 5.11 Å². The Morgan fingerprint density at radius 1 is 1.12 bits per heavy atom. The Bertz CT molecular complexity index is 997. The lowest BCUT2D eigenvalue weighted by molar-refractivity contribution is 0.0957. The van der Waals surface area contributed by atoms with Crippen molar-refractivity contribution in [2.75, 3.05) is 0 Å². The fourth-order valence-corrected chi connectivity index (χ4v) is 4.24. The van der Waals surface area contributed by atoms with Gasteiger partial charge in [0.2, 0.25) is 10.9 Å². The van der Waals surface area contributed by atoms with Crippen molar-refractivity contribution < 1.29 is 4.79 Å². The van der Waals surface area contributed by atoms with Gasteiger partial charge < -0.3 is 11.5 Å². The highest BCUT2D eigenvalue weighted by molar-refractivity contribution is 7.80. The zero-order valence-electron chi connectivity index (χ0n) is 13.1. The molecule has 2 aliphatic rings. The second-order valence-corrected chi connectivity index (χ2v) is 6.98. The molecule has 25 heavy (non-hydrogen) atoms. The molecule has 0 fully saturated rings. The van der Waals surface area contributed by atoms with Crippen molar-refractivity contribution in [1.82, 2.24) is 0 Å². The van der Waals surface area contributed by atoms with E-state index in [2.05, 4.69) is 20.2 Å². The first-order chi connectivity index (χ1) is 11.9. The van der Waals surface area contributed by atoms with Gasteiger partial charge in [-0.1, -0.05) is 30.3 Å². The highest BCUT2D eigenvalue weighted by Crippen LogP contribution is 2.46. The Morgan fingerprint density at radius 3 is 2.40 bits per heavy atom. The second kappa shape index (κ2) is 5.36. The summed E-state index contributed by atoms with van der Waals surface area (Å²) < 4.78 is 0. The van der Waals surface area contributed by atoms with Gasteiger partial charge in [0.25, 0.3) is 5.54 Å². The summed E-state index contributed by atoms with van der Waals surface area (Å²) in [6, 6.07) is 9.77. The molecule has 0 bridgehead atoms. The molecular formula is C16H12N6OS2. The highest BCUT2D eigenvalue weighted by atomic mass is 32.1. The number of azo groups is 1. The van der Waals surface area contributed by atoms with Crippen LogP contribution in [0.25, 0.3) is 10.4 Å². The van der Waals surface area contributed by atoms with Crippen molar-refractivity contribution in [2.45, 2.75) is 12.5 Å². The highest BCUT2D eigenvalue weighted by Gasteiger charge is 2.53. The first kappa shape index (κ1) is 15.7. The molecule has 9 heteroatoms. The molecular weight excluding hydrogens is 356 g/mol. The van der Waals surface area contributed by atoms with E-state index in [0.29, 0.717) is 10.6 Å². The third-order valence-electron chi connectivity index (χ3n) is 4.18. The molecule has 0 amide bonds. The van der Waals surface area contributed by atoms with Gasteiger partial charge in [-0.25, -0.2) is 9.98 Å². The number of carbonyl (C=O) groups is 1. The molecule has 1 aromatic heterocycles. The Morgan fingerprint density at radius 2 is 1.76 bits per heavy atom.